The number of fused-ring (bicyclic) bond motifs is 10. The highest BCUT2D eigenvalue weighted by molar-refractivity contribution is 5.96. The van der Waals surface area contributed by atoms with Crippen molar-refractivity contribution in [3.63, 3.8) is 0 Å². The van der Waals surface area contributed by atoms with Gasteiger partial charge in [0.05, 0.1) is 5.41 Å². The highest BCUT2D eigenvalue weighted by Gasteiger charge is 2.51. The smallest absolute Gasteiger partial charge is 0.0726 e. The van der Waals surface area contributed by atoms with E-state index in [0.29, 0.717) is 0 Å². The maximum Gasteiger partial charge on any atom is 0.0726 e. The standard InChI is InChI=1S/C40H31N/c1-26-12-17-29(18-13-26)41(30-19-14-27(2)15-20-30)31-21-23-35-34-22-16-28(3)24-38(34)40(39(35)25-31)36-10-6-4-8-32(36)33-9-5-7-11-37(33)40/h4-25H,1-3H3. The van der Waals surface area contributed by atoms with Crippen LogP contribution in [0.2, 0.25) is 0 Å². The second kappa shape index (κ2) is 8.81. The highest BCUT2D eigenvalue weighted by atomic mass is 15.1. The van der Waals surface area contributed by atoms with Gasteiger partial charge in [-0.25, -0.2) is 0 Å². The van der Waals surface area contributed by atoms with Crippen LogP contribution in [0.5, 0.6) is 0 Å². The molecule has 2 aliphatic carbocycles. The molecule has 1 heteroatoms. The first kappa shape index (κ1) is 24.0. The molecule has 8 rings (SSSR count). The summed E-state index contributed by atoms with van der Waals surface area (Å²) in [5.41, 5.74) is 17.8. The lowest BCUT2D eigenvalue weighted by Gasteiger charge is -2.32. The third kappa shape index (κ3) is 3.36. The van der Waals surface area contributed by atoms with Gasteiger partial charge in [0, 0.05) is 17.1 Å². The van der Waals surface area contributed by atoms with Gasteiger partial charge in [-0.3, -0.25) is 0 Å². The number of nitrogens with zero attached hydrogens (tertiary/aromatic N) is 1. The predicted molar refractivity (Wildman–Crippen MR) is 172 cm³/mol. The summed E-state index contributed by atoms with van der Waals surface area (Å²) in [6.45, 7) is 6.51. The van der Waals surface area contributed by atoms with Gasteiger partial charge in [0.15, 0.2) is 0 Å². The number of hydrogen-bond donors (Lipinski definition) is 0. The molecule has 0 fully saturated rings. The molecular formula is C40H31N. The fourth-order valence-electron chi connectivity index (χ4n) is 7.22. The monoisotopic (exact) mass is 525 g/mol. The van der Waals surface area contributed by atoms with E-state index in [1.165, 1.54) is 66.9 Å². The molecule has 0 heterocycles. The summed E-state index contributed by atoms with van der Waals surface area (Å²) < 4.78 is 0. The summed E-state index contributed by atoms with van der Waals surface area (Å²) >= 11 is 0. The van der Waals surface area contributed by atoms with Crippen LogP contribution in [0, 0.1) is 20.8 Å². The number of benzene rings is 6. The summed E-state index contributed by atoms with van der Waals surface area (Å²) in [5.74, 6) is 0. The van der Waals surface area contributed by atoms with Gasteiger partial charge < -0.3 is 4.90 Å². The van der Waals surface area contributed by atoms with Crippen molar-refractivity contribution in [2.24, 2.45) is 0 Å². The summed E-state index contributed by atoms with van der Waals surface area (Å²) in [5, 5.41) is 0. The van der Waals surface area contributed by atoms with E-state index < -0.39 is 0 Å². The molecule has 0 radical (unpaired) electrons. The lowest BCUT2D eigenvalue weighted by molar-refractivity contribution is 0.792. The zero-order valence-corrected chi connectivity index (χ0v) is 23.6. The Bertz CT molecular complexity index is 1870. The maximum atomic E-state index is 2.46. The van der Waals surface area contributed by atoms with Crippen molar-refractivity contribution < 1.29 is 0 Å². The minimum Gasteiger partial charge on any atom is -0.310 e. The molecule has 0 unspecified atom stereocenters. The number of hydrogen-bond acceptors (Lipinski definition) is 1. The van der Waals surface area contributed by atoms with E-state index in [2.05, 4.69) is 159 Å². The number of rotatable bonds is 3. The van der Waals surface area contributed by atoms with Crippen LogP contribution in [0.15, 0.2) is 133 Å². The van der Waals surface area contributed by atoms with Gasteiger partial charge in [-0.05, 0) is 102 Å². The molecule has 0 aromatic heterocycles. The van der Waals surface area contributed by atoms with E-state index >= 15 is 0 Å². The van der Waals surface area contributed by atoms with Crippen molar-refractivity contribution in [3.8, 4) is 22.3 Å². The fraction of sp³-hybridized carbons (Fsp3) is 0.100. The molecule has 0 amide bonds. The van der Waals surface area contributed by atoms with Gasteiger partial charge in [-0.1, -0.05) is 114 Å². The molecule has 0 N–H and O–H groups in total. The Kier molecular flexibility index (Phi) is 5.15. The van der Waals surface area contributed by atoms with Crippen LogP contribution in [0.1, 0.15) is 38.9 Å². The Morgan fingerprint density at radius 2 is 0.780 bits per heavy atom. The molecule has 6 aromatic rings. The van der Waals surface area contributed by atoms with E-state index in [4.69, 9.17) is 0 Å². The maximum absolute atomic E-state index is 2.46. The SMILES string of the molecule is Cc1ccc(N(c2ccc(C)cc2)c2ccc3c(c2)C2(c4ccccc4-c4ccccc42)c2cc(C)ccc2-3)cc1. The van der Waals surface area contributed by atoms with E-state index in [1.807, 2.05) is 0 Å². The zero-order chi connectivity index (χ0) is 27.7. The van der Waals surface area contributed by atoms with Gasteiger partial charge in [-0.15, -0.1) is 0 Å². The van der Waals surface area contributed by atoms with Crippen LogP contribution in [-0.2, 0) is 5.41 Å². The van der Waals surface area contributed by atoms with E-state index in [-0.39, 0.29) is 5.41 Å². The summed E-state index contributed by atoms with van der Waals surface area (Å²) in [4.78, 5) is 2.40. The fourth-order valence-corrected chi connectivity index (χ4v) is 7.22. The van der Waals surface area contributed by atoms with Crippen LogP contribution in [0.3, 0.4) is 0 Å². The van der Waals surface area contributed by atoms with Crippen LogP contribution < -0.4 is 4.90 Å². The largest absolute Gasteiger partial charge is 0.310 e. The third-order valence-electron chi connectivity index (χ3n) is 9.07. The van der Waals surface area contributed by atoms with E-state index in [1.54, 1.807) is 0 Å². The van der Waals surface area contributed by atoms with Gasteiger partial charge >= 0.3 is 0 Å². The van der Waals surface area contributed by atoms with Crippen LogP contribution >= 0.6 is 0 Å². The molecule has 0 aliphatic heterocycles. The van der Waals surface area contributed by atoms with Gasteiger partial charge in [0.1, 0.15) is 0 Å². The number of aryl methyl sites for hydroxylation is 3. The van der Waals surface area contributed by atoms with Crippen molar-refractivity contribution in [1.29, 1.82) is 0 Å². The molecule has 1 spiro atoms. The minimum absolute atomic E-state index is 0.355. The molecule has 2 aliphatic rings. The van der Waals surface area contributed by atoms with Gasteiger partial charge in [0.2, 0.25) is 0 Å². The first-order chi connectivity index (χ1) is 20.1. The number of anilines is 3. The van der Waals surface area contributed by atoms with Crippen LogP contribution in [0.25, 0.3) is 22.3 Å². The van der Waals surface area contributed by atoms with Crippen molar-refractivity contribution in [2.45, 2.75) is 26.2 Å². The lowest BCUT2D eigenvalue weighted by atomic mass is 9.70. The first-order valence-electron chi connectivity index (χ1n) is 14.4. The van der Waals surface area contributed by atoms with Gasteiger partial charge in [0.25, 0.3) is 0 Å². The third-order valence-corrected chi connectivity index (χ3v) is 9.07. The highest BCUT2D eigenvalue weighted by Crippen LogP contribution is 2.63. The molecule has 1 nitrogen and oxygen atoms in total. The Balaban J connectivity index is 1.44. The molecule has 196 valence electrons. The Morgan fingerprint density at radius 1 is 0.366 bits per heavy atom. The van der Waals surface area contributed by atoms with E-state index in [0.717, 1.165) is 11.4 Å². The summed E-state index contributed by atoms with van der Waals surface area (Å²) in [6, 6.07) is 49.9. The second-order valence-electron chi connectivity index (χ2n) is 11.6. The van der Waals surface area contributed by atoms with Crippen LogP contribution in [0.4, 0.5) is 17.1 Å². The quantitative estimate of drug-likeness (QED) is 0.222. The van der Waals surface area contributed by atoms with Crippen molar-refractivity contribution in [3.05, 3.63) is 172 Å². The molecule has 0 bridgehead atoms. The van der Waals surface area contributed by atoms with Crippen molar-refractivity contribution >= 4 is 17.1 Å². The minimum atomic E-state index is -0.355. The molecule has 41 heavy (non-hydrogen) atoms. The topological polar surface area (TPSA) is 3.24 Å². The summed E-state index contributed by atoms with van der Waals surface area (Å²) in [7, 11) is 0. The summed E-state index contributed by atoms with van der Waals surface area (Å²) in [6.07, 6.45) is 0. The molecular weight excluding hydrogens is 494 g/mol. The molecule has 0 atom stereocenters. The van der Waals surface area contributed by atoms with Gasteiger partial charge in [-0.2, -0.15) is 0 Å². The average Bonchev–Trinajstić information content (AvgIpc) is 3.46. The Morgan fingerprint density at radius 3 is 1.34 bits per heavy atom. The lowest BCUT2D eigenvalue weighted by Crippen LogP contribution is -2.26. The molecule has 0 saturated carbocycles. The second-order valence-corrected chi connectivity index (χ2v) is 11.6. The van der Waals surface area contributed by atoms with Crippen molar-refractivity contribution in [1.82, 2.24) is 0 Å². The van der Waals surface area contributed by atoms with Crippen LogP contribution in [-0.4, -0.2) is 0 Å². The zero-order valence-electron chi connectivity index (χ0n) is 23.6. The normalized spacial score (nSPS) is 13.4. The Hall–Kier alpha value is -4.88. The Labute approximate surface area is 242 Å². The average molecular weight is 526 g/mol. The van der Waals surface area contributed by atoms with Crippen molar-refractivity contribution in [2.75, 3.05) is 4.90 Å². The molecule has 6 aromatic carbocycles. The van der Waals surface area contributed by atoms with E-state index in [9.17, 15) is 0 Å². The predicted octanol–water partition coefficient (Wildman–Crippen LogP) is 10.4. The first-order valence-corrected chi connectivity index (χ1v) is 14.4. The molecule has 0 saturated heterocycles.